The van der Waals surface area contributed by atoms with Crippen LogP contribution in [0.15, 0.2) is 55.1 Å². The van der Waals surface area contributed by atoms with Crippen LogP contribution < -0.4 is 4.90 Å². The Hall–Kier alpha value is -3.02. The first-order valence-electron chi connectivity index (χ1n) is 7.76. The predicted octanol–water partition coefficient (Wildman–Crippen LogP) is 3.06. The average molecular weight is 321 g/mol. The van der Waals surface area contributed by atoms with Crippen molar-refractivity contribution >= 4 is 11.6 Å². The maximum atomic E-state index is 12.7. The van der Waals surface area contributed by atoms with E-state index in [2.05, 4.69) is 28.9 Å². The fraction of sp³-hybridized carbons (Fsp3) is 0.222. The number of pyridine rings is 1. The van der Waals surface area contributed by atoms with E-state index in [1.807, 2.05) is 24.3 Å². The monoisotopic (exact) mass is 321 g/mol. The zero-order valence-corrected chi connectivity index (χ0v) is 13.9. The topological polar surface area (TPSA) is 63.9 Å². The molecule has 3 rings (SSSR count). The minimum atomic E-state index is -0.172. The van der Waals surface area contributed by atoms with Crippen LogP contribution in [0.3, 0.4) is 0 Å². The molecule has 6 heteroatoms. The maximum Gasteiger partial charge on any atom is 0.276 e. The van der Waals surface area contributed by atoms with E-state index in [9.17, 15) is 4.79 Å². The van der Waals surface area contributed by atoms with Crippen LogP contribution in [-0.4, -0.2) is 32.7 Å². The smallest absolute Gasteiger partial charge is 0.276 e. The first-order valence-corrected chi connectivity index (χ1v) is 7.76. The quantitative estimate of drug-likeness (QED) is 0.741. The number of carbonyl (C=O) groups excluding carboxylic acids is 1. The molecule has 2 aromatic heterocycles. The van der Waals surface area contributed by atoms with E-state index in [0.29, 0.717) is 17.4 Å². The molecule has 0 aliphatic heterocycles. The minimum absolute atomic E-state index is 0.172. The SMILES string of the molecule is CC(C)c1ccc(N(C)C(=O)c2cccc(-n3cncn3)n2)cc1. The van der Waals surface area contributed by atoms with Crippen LogP contribution in [0.2, 0.25) is 0 Å². The molecule has 0 radical (unpaired) electrons. The molecule has 0 aliphatic rings. The molecule has 0 spiro atoms. The van der Waals surface area contributed by atoms with E-state index in [1.54, 1.807) is 36.5 Å². The lowest BCUT2D eigenvalue weighted by Crippen LogP contribution is -2.27. The highest BCUT2D eigenvalue weighted by Gasteiger charge is 2.16. The Kier molecular flexibility index (Phi) is 4.37. The summed E-state index contributed by atoms with van der Waals surface area (Å²) in [5.74, 6) is 0.845. The molecular formula is C18H19N5O. The molecule has 0 bridgehead atoms. The Morgan fingerprint density at radius 2 is 1.88 bits per heavy atom. The molecule has 0 fully saturated rings. The second-order valence-electron chi connectivity index (χ2n) is 5.83. The second-order valence-corrected chi connectivity index (χ2v) is 5.83. The molecule has 2 heterocycles. The van der Waals surface area contributed by atoms with Crippen LogP contribution in [0.25, 0.3) is 5.82 Å². The van der Waals surface area contributed by atoms with Gasteiger partial charge in [0.25, 0.3) is 5.91 Å². The largest absolute Gasteiger partial charge is 0.310 e. The number of rotatable bonds is 4. The van der Waals surface area contributed by atoms with Gasteiger partial charge < -0.3 is 4.90 Å². The highest BCUT2D eigenvalue weighted by atomic mass is 16.2. The molecule has 3 aromatic rings. The summed E-state index contributed by atoms with van der Waals surface area (Å²) in [4.78, 5) is 22.6. The summed E-state index contributed by atoms with van der Waals surface area (Å²) in [6.45, 7) is 4.28. The van der Waals surface area contributed by atoms with Crippen LogP contribution in [0.4, 0.5) is 5.69 Å². The van der Waals surface area contributed by atoms with Crippen molar-refractivity contribution in [2.24, 2.45) is 0 Å². The maximum absolute atomic E-state index is 12.7. The molecule has 0 N–H and O–H groups in total. The molecule has 122 valence electrons. The first-order chi connectivity index (χ1) is 11.6. The Balaban J connectivity index is 1.84. The highest BCUT2D eigenvalue weighted by molar-refractivity contribution is 6.04. The third-order valence-corrected chi connectivity index (χ3v) is 3.86. The summed E-state index contributed by atoms with van der Waals surface area (Å²) in [5.41, 5.74) is 2.43. The molecule has 0 saturated heterocycles. The molecule has 0 unspecified atom stereocenters. The van der Waals surface area contributed by atoms with Gasteiger partial charge in [0.15, 0.2) is 5.82 Å². The van der Waals surface area contributed by atoms with Gasteiger partial charge in [-0.05, 0) is 35.7 Å². The van der Waals surface area contributed by atoms with E-state index in [-0.39, 0.29) is 5.91 Å². The van der Waals surface area contributed by atoms with E-state index >= 15 is 0 Å². The van der Waals surface area contributed by atoms with Crippen molar-refractivity contribution < 1.29 is 4.79 Å². The van der Waals surface area contributed by atoms with Crippen LogP contribution in [0.1, 0.15) is 35.8 Å². The van der Waals surface area contributed by atoms with Crippen molar-refractivity contribution in [3.05, 3.63) is 66.4 Å². The van der Waals surface area contributed by atoms with Gasteiger partial charge in [-0.2, -0.15) is 5.10 Å². The molecular weight excluding hydrogens is 302 g/mol. The number of hydrogen-bond acceptors (Lipinski definition) is 4. The van der Waals surface area contributed by atoms with E-state index in [4.69, 9.17) is 0 Å². The molecule has 1 amide bonds. The number of hydrogen-bond donors (Lipinski definition) is 0. The lowest BCUT2D eigenvalue weighted by molar-refractivity contribution is 0.0988. The lowest BCUT2D eigenvalue weighted by Gasteiger charge is -2.18. The number of aromatic nitrogens is 4. The summed E-state index contributed by atoms with van der Waals surface area (Å²) in [5, 5.41) is 4.03. The van der Waals surface area contributed by atoms with Gasteiger partial charge in [-0.1, -0.05) is 32.0 Å². The number of anilines is 1. The number of carbonyl (C=O) groups is 1. The molecule has 24 heavy (non-hydrogen) atoms. The Morgan fingerprint density at radius 3 is 2.50 bits per heavy atom. The molecule has 0 aliphatic carbocycles. The summed E-state index contributed by atoms with van der Waals surface area (Å²) >= 11 is 0. The number of amides is 1. The third-order valence-electron chi connectivity index (χ3n) is 3.86. The van der Waals surface area contributed by atoms with Crippen molar-refractivity contribution in [2.45, 2.75) is 19.8 Å². The third kappa shape index (κ3) is 3.17. The highest BCUT2D eigenvalue weighted by Crippen LogP contribution is 2.20. The van der Waals surface area contributed by atoms with Gasteiger partial charge in [0.1, 0.15) is 18.3 Å². The summed E-state index contributed by atoms with van der Waals surface area (Å²) < 4.78 is 1.52. The van der Waals surface area contributed by atoms with E-state index in [0.717, 1.165) is 5.69 Å². The van der Waals surface area contributed by atoms with Gasteiger partial charge in [0.2, 0.25) is 0 Å². The fourth-order valence-electron chi connectivity index (χ4n) is 2.37. The zero-order valence-electron chi connectivity index (χ0n) is 13.9. The van der Waals surface area contributed by atoms with Gasteiger partial charge in [-0.15, -0.1) is 0 Å². The van der Waals surface area contributed by atoms with Crippen molar-refractivity contribution in [3.63, 3.8) is 0 Å². The average Bonchev–Trinajstić information content (AvgIpc) is 3.15. The molecule has 0 atom stereocenters. The predicted molar refractivity (Wildman–Crippen MR) is 92.4 cm³/mol. The zero-order chi connectivity index (χ0) is 17.1. The van der Waals surface area contributed by atoms with Crippen molar-refractivity contribution in [2.75, 3.05) is 11.9 Å². The van der Waals surface area contributed by atoms with Crippen molar-refractivity contribution in [3.8, 4) is 5.82 Å². The van der Waals surface area contributed by atoms with Crippen molar-refractivity contribution in [1.29, 1.82) is 0 Å². The minimum Gasteiger partial charge on any atom is -0.310 e. The van der Waals surface area contributed by atoms with Gasteiger partial charge in [0, 0.05) is 12.7 Å². The molecule has 0 saturated carbocycles. The van der Waals surface area contributed by atoms with Crippen molar-refractivity contribution in [1.82, 2.24) is 19.7 Å². The number of nitrogens with zero attached hydrogens (tertiary/aromatic N) is 5. The van der Waals surface area contributed by atoms with Crippen LogP contribution in [0.5, 0.6) is 0 Å². The van der Waals surface area contributed by atoms with Gasteiger partial charge in [0.05, 0.1) is 0 Å². The molecule has 1 aromatic carbocycles. The number of benzene rings is 1. The Morgan fingerprint density at radius 1 is 1.12 bits per heavy atom. The van der Waals surface area contributed by atoms with E-state index in [1.165, 1.54) is 16.6 Å². The van der Waals surface area contributed by atoms with Gasteiger partial charge in [-0.3, -0.25) is 4.79 Å². The van der Waals surface area contributed by atoms with Crippen LogP contribution in [0, 0.1) is 0 Å². The Labute approximate surface area is 140 Å². The Bertz CT molecular complexity index is 825. The second kappa shape index (κ2) is 6.62. The van der Waals surface area contributed by atoms with Gasteiger partial charge in [-0.25, -0.2) is 14.6 Å². The summed E-state index contributed by atoms with van der Waals surface area (Å²) in [6, 6.07) is 13.3. The van der Waals surface area contributed by atoms with Crippen LogP contribution >= 0.6 is 0 Å². The lowest BCUT2D eigenvalue weighted by atomic mass is 10.0. The van der Waals surface area contributed by atoms with Gasteiger partial charge >= 0.3 is 0 Å². The first kappa shape index (κ1) is 15.9. The summed E-state index contributed by atoms with van der Waals surface area (Å²) in [6.07, 6.45) is 2.98. The normalized spacial score (nSPS) is 10.8. The van der Waals surface area contributed by atoms with Crippen LogP contribution in [-0.2, 0) is 0 Å². The standard InChI is InChI=1S/C18H19N5O/c1-13(2)14-7-9-15(10-8-14)22(3)18(24)16-5-4-6-17(21-16)23-12-19-11-20-23/h4-13H,1-3H3. The fourth-order valence-corrected chi connectivity index (χ4v) is 2.37. The van der Waals surface area contributed by atoms with E-state index < -0.39 is 0 Å². The summed E-state index contributed by atoms with van der Waals surface area (Å²) in [7, 11) is 1.75. The molecule has 6 nitrogen and oxygen atoms in total.